The summed E-state index contributed by atoms with van der Waals surface area (Å²) < 4.78 is 5.05. The highest BCUT2D eigenvalue weighted by molar-refractivity contribution is 5.90. The molecule has 1 rings (SSSR count). The zero-order chi connectivity index (χ0) is 14.1. The Kier molecular flexibility index (Phi) is 6.36. The molecule has 0 aliphatic heterocycles. The second-order valence-electron chi connectivity index (χ2n) is 5.07. The molecule has 4 heteroatoms. The van der Waals surface area contributed by atoms with E-state index in [1.54, 1.807) is 12.1 Å². The summed E-state index contributed by atoms with van der Waals surface area (Å²) >= 11 is 0. The predicted molar refractivity (Wildman–Crippen MR) is 76.7 cm³/mol. The lowest BCUT2D eigenvalue weighted by molar-refractivity contribution is 0.0875. The molecule has 0 bridgehead atoms. The van der Waals surface area contributed by atoms with Crippen molar-refractivity contribution in [2.24, 2.45) is 0 Å². The van der Waals surface area contributed by atoms with Gasteiger partial charge in [0, 0.05) is 5.54 Å². The number of carbonyl (C=O) groups excluding carboxylic acids is 1. The maximum absolute atomic E-state index is 11.8. The minimum atomic E-state index is -0.254. The van der Waals surface area contributed by atoms with Crippen LogP contribution in [0.3, 0.4) is 0 Å². The average molecular weight is 264 g/mol. The van der Waals surface area contributed by atoms with Gasteiger partial charge in [-0.3, -0.25) is 10.2 Å². The summed E-state index contributed by atoms with van der Waals surface area (Å²) in [6.07, 6.45) is 8.66. The molecule has 0 radical (unpaired) electrons. The number of amides is 1. The monoisotopic (exact) mass is 264 g/mol. The summed E-state index contributed by atoms with van der Waals surface area (Å²) in [6.45, 7) is 8.05. The summed E-state index contributed by atoms with van der Waals surface area (Å²) in [5, 5.41) is 0. The molecule has 1 amide bonds. The highest BCUT2D eigenvalue weighted by Crippen LogP contribution is 2.18. The van der Waals surface area contributed by atoms with Crippen molar-refractivity contribution in [3.05, 3.63) is 36.8 Å². The Morgan fingerprint density at radius 1 is 1.53 bits per heavy atom. The van der Waals surface area contributed by atoms with E-state index in [-0.39, 0.29) is 11.4 Å². The highest BCUT2D eigenvalue weighted by Gasteiger charge is 2.23. The van der Waals surface area contributed by atoms with Gasteiger partial charge < -0.3 is 4.42 Å². The van der Waals surface area contributed by atoms with Crippen molar-refractivity contribution in [3.8, 4) is 0 Å². The number of hydrogen-bond acceptors (Lipinski definition) is 3. The molecular weight excluding hydrogens is 240 g/mol. The fourth-order valence-electron chi connectivity index (χ4n) is 1.98. The van der Waals surface area contributed by atoms with Crippen LogP contribution in [0.15, 0.2) is 35.5 Å². The van der Waals surface area contributed by atoms with Gasteiger partial charge in [-0.25, -0.2) is 5.43 Å². The van der Waals surface area contributed by atoms with Crippen molar-refractivity contribution in [3.63, 3.8) is 0 Å². The Morgan fingerprint density at radius 3 is 2.89 bits per heavy atom. The zero-order valence-electron chi connectivity index (χ0n) is 11.9. The van der Waals surface area contributed by atoms with Gasteiger partial charge in [-0.05, 0) is 31.9 Å². The van der Waals surface area contributed by atoms with Crippen molar-refractivity contribution < 1.29 is 9.21 Å². The fourth-order valence-corrected chi connectivity index (χ4v) is 1.98. The van der Waals surface area contributed by atoms with E-state index in [0.717, 1.165) is 19.3 Å². The van der Waals surface area contributed by atoms with Crippen LogP contribution < -0.4 is 10.9 Å². The van der Waals surface area contributed by atoms with Crippen LogP contribution in [0, 0.1) is 0 Å². The van der Waals surface area contributed by atoms with Gasteiger partial charge in [0.2, 0.25) is 0 Å². The van der Waals surface area contributed by atoms with E-state index in [1.165, 1.54) is 19.1 Å². The topological polar surface area (TPSA) is 54.3 Å². The van der Waals surface area contributed by atoms with Crippen LogP contribution in [0.25, 0.3) is 0 Å². The molecule has 0 fully saturated rings. The lowest BCUT2D eigenvalue weighted by Gasteiger charge is -2.30. The van der Waals surface area contributed by atoms with Crippen LogP contribution >= 0.6 is 0 Å². The first-order valence-corrected chi connectivity index (χ1v) is 6.83. The first-order chi connectivity index (χ1) is 9.11. The largest absolute Gasteiger partial charge is 0.459 e. The third-order valence-electron chi connectivity index (χ3n) is 3.15. The molecule has 0 aliphatic rings. The normalized spacial score (nSPS) is 13.8. The second-order valence-corrected chi connectivity index (χ2v) is 5.07. The lowest BCUT2D eigenvalue weighted by atomic mass is 9.91. The maximum Gasteiger partial charge on any atom is 0.301 e. The van der Waals surface area contributed by atoms with Crippen molar-refractivity contribution in [1.29, 1.82) is 0 Å². The Labute approximate surface area is 115 Å². The molecule has 19 heavy (non-hydrogen) atoms. The van der Waals surface area contributed by atoms with E-state index in [2.05, 4.69) is 31.3 Å². The van der Waals surface area contributed by atoms with Crippen molar-refractivity contribution in [2.45, 2.75) is 51.5 Å². The number of rotatable bonds is 9. The molecule has 0 aromatic carbocycles. The quantitative estimate of drug-likeness (QED) is 0.408. The minimum Gasteiger partial charge on any atom is -0.459 e. The van der Waals surface area contributed by atoms with Gasteiger partial charge in [0.25, 0.3) is 0 Å². The van der Waals surface area contributed by atoms with Gasteiger partial charge >= 0.3 is 5.91 Å². The van der Waals surface area contributed by atoms with Crippen molar-refractivity contribution >= 4 is 5.91 Å². The molecule has 1 unspecified atom stereocenters. The predicted octanol–water partition coefficient (Wildman–Crippen LogP) is 3.43. The summed E-state index contributed by atoms with van der Waals surface area (Å²) in [4.78, 5) is 11.8. The molecule has 0 saturated heterocycles. The molecule has 1 aromatic rings. The highest BCUT2D eigenvalue weighted by atomic mass is 16.3. The van der Waals surface area contributed by atoms with Crippen LogP contribution in [-0.2, 0) is 0 Å². The number of hydrazine groups is 1. The minimum absolute atomic E-state index is 0.167. The molecule has 106 valence electrons. The number of furan rings is 1. The van der Waals surface area contributed by atoms with Crippen LogP contribution in [0.1, 0.15) is 56.5 Å². The molecule has 4 nitrogen and oxygen atoms in total. The fraction of sp³-hybridized carbons (Fsp3) is 0.533. The van der Waals surface area contributed by atoms with Gasteiger partial charge in [-0.2, -0.15) is 0 Å². The molecular formula is C15H24N2O2. The molecule has 0 aliphatic carbocycles. The SMILES string of the molecule is C=CCC(C)(CCCCC)NNC(=O)c1ccco1. The standard InChI is InChI=1S/C15H24N2O2/c1-4-6-7-11-15(3,10-5-2)17-16-14(18)13-9-8-12-19-13/h5,8-9,12,17H,2,4,6-7,10-11H2,1,3H3,(H,16,18). The van der Waals surface area contributed by atoms with E-state index in [1.807, 2.05) is 6.08 Å². The summed E-state index contributed by atoms with van der Waals surface area (Å²) in [5.74, 6) is 0.0535. The van der Waals surface area contributed by atoms with Crippen LogP contribution in [0.2, 0.25) is 0 Å². The Balaban J connectivity index is 2.48. The molecule has 0 spiro atoms. The van der Waals surface area contributed by atoms with E-state index in [4.69, 9.17) is 4.42 Å². The third kappa shape index (κ3) is 5.30. The van der Waals surface area contributed by atoms with Crippen molar-refractivity contribution in [2.75, 3.05) is 0 Å². The van der Waals surface area contributed by atoms with E-state index in [9.17, 15) is 4.79 Å². The number of unbranched alkanes of at least 4 members (excludes halogenated alkanes) is 2. The van der Waals surface area contributed by atoms with Crippen LogP contribution in [0.4, 0.5) is 0 Å². The second kappa shape index (κ2) is 7.79. The van der Waals surface area contributed by atoms with Gasteiger partial charge in [0.15, 0.2) is 5.76 Å². The molecule has 1 heterocycles. The number of hydrogen-bond donors (Lipinski definition) is 2. The molecule has 1 atom stereocenters. The lowest BCUT2D eigenvalue weighted by Crippen LogP contribution is -2.52. The first-order valence-electron chi connectivity index (χ1n) is 6.83. The molecule has 1 aromatic heterocycles. The average Bonchev–Trinajstić information content (AvgIpc) is 2.91. The summed E-state index contributed by atoms with van der Waals surface area (Å²) in [5.41, 5.74) is 5.65. The van der Waals surface area contributed by atoms with Gasteiger partial charge in [-0.15, -0.1) is 6.58 Å². The van der Waals surface area contributed by atoms with Gasteiger partial charge in [-0.1, -0.05) is 32.3 Å². The number of nitrogens with one attached hydrogen (secondary N) is 2. The maximum atomic E-state index is 11.8. The Bertz CT molecular complexity index is 387. The summed E-state index contributed by atoms with van der Waals surface area (Å²) in [7, 11) is 0. The van der Waals surface area contributed by atoms with Crippen LogP contribution in [-0.4, -0.2) is 11.4 Å². The summed E-state index contributed by atoms with van der Waals surface area (Å²) in [6, 6.07) is 3.33. The first kappa shape index (κ1) is 15.5. The smallest absolute Gasteiger partial charge is 0.301 e. The van der Waals surface area contributed by atoms with E-state index >= 15 is 0 Å². The van der Waals surface area contributed by atoms with Gasteiger partial charge in [0.1, 0.15) is 0 Å². The third-order valence-corrected chi connectivity index (χ3v) is 3.15. The van der Waals surface area contributed by atoms with Crippen molar-refractivity contribution in [1.82, 2.24) is 10.9 Å². The number of carbonyl (C=O) groups is 1. The molecule has 0 saturated carbocycles. The van der Waals surface area contributed by atoms with E-state index in [0.29, 0.717) is 5.76 Å². The Morgan fingerprint density at radius 2 is 2.32 bits per heavy atom. The van der Waals surface area contributed by atoms with E-state index < -0.39 is 0 Å². The molecule has 2 N–H and O–H groups in total. The Hall–Kier alpha value is -1.55. The van der Waals surface area contributed by atoms with Crippen LogP contribution in [0.5, 0.6) is 0 Å². The van der Waals surface area contributed by atoms with Gasteiger partial charge in [0.05, 0.1) is 6.26 Å². The zero-order valence-corrected chi connectivity index (χ0v) is 11.9.